The van der Waals surface area contributed by atoms with Crippen molar-refractivity contribution in [1.29, 1.82) is 0 Å². The topological polar surface area (TPSA) is 71.1 Å². The van der Waals surface area contributed by atoms with Crippen molar-refractivity contribution in [2.75, 3.05) is 10.6 Å². The molecule has 0 saturated heterocycles. The van der Waals surface area contributed by atoms with Crippen molar-refractivity contribution in [1.82, 2.24) is 4.98 Å². The minimum absolute atomic E-state index is 0.168. The second-order valence-electron chi connectivity index (χ2n) is 6.31. The van der Waals surface area contributed by atoms with Crippen LogP contribution >= 0.6 is 11.6 Å². The number of amides is 2. The third-order valence-electron chi connectivity index (χ3n) is 4.35. The van der Waals surface area contributed by atoms with E-state index in [2.05, 4.69) is 15.6 Å². The van der Waals surface area contributed by atoms with Crippen LogP contribution in [0.1, 0.15) is 38.9 Å². The number of anilines is 2. The second-order valence-corrected chi connectivity index (χ2v) is 6.74. The van der Waals surface area contributed by atoms with E-state index in [-0.39, 0.29) is 17.5 Å². The number of carbonyl (C=O) groups excluding carboxylic acids is 2. The van der Waals surface area contributed by atoms with Crippen LogP contribution < -0.4 is 10.6 Å². The summed E-state index contributed by atoms with van der Waals surface area (Å²) in [7, 11) is 0. The fourth-order valence-corrected chi connectivity index (χ4v) is 2.93. The lowest BCUT2D eigenvalue weighted by atomic mass is 10.1. The van der Waals surface area contributed by atoms with Gasteiger partial charge in [-0.05, 0) is 54.8 Å². The largest absolute Gasteiger partial charge is 0.322 e. The van der Waals surface area contributed by atoms with Gasteiger partial charge in [0.15, 0.2) is 0 Å². The molecule has 3 rings (SSSR count). The van der Waals surface area contributed by atoms with Crippen LogP contribution in [0.2, 0.25) is 5.02 Å². The fraction of sp³-hybridized carbons (Fsp3) is 0.136. The van der Waals surface area contributed by atoms with E-state index in [9.17, 15) is 9.59 Å². The van der Waals surface area contributed by atoms with Crippen LogP contribution in [0.3, 0.4) is 0 Å². The maximum absolute atomic E-state index is 12.6. The molecule has 2 aromatic carbocycles. The molecule has 0 aliphatic heterocycles. The van der Waals surface area contributed by atoms with E-state index in [1.807, 2.05) is 44.2 Å². The summed E-state index contributed by atoms with van der Waals surface area (Å²) in [5.74, 6) is -0.703. The molecule has 1 aromatic heterocycles. The van der Waals surface area contributed by atoms with Gasteiger partial charge in [-0.2, -0.15) is 0 Å². The van der Waals surface area contributed by atoms with Crippen LogP contribution in [-0.2, 0) is 6.42 Å². The molecular weight excluding hydrogens is 374 g/mol. The van der Waals surface area contributed by atoms with Gasteiger partial charge in [0.25, 0.3) is 11.8 Å². The Bertz CT molecular complexity index is 1030. The molecule has 5 nitrogen and oxygen atoms in total. The summed E-state index contributed by atoms with van der Waals surface area (Å²) in [5, 5.41) is 6.21. The van der Waals surface area contributed by atoms with Crippen LogP contribution in [-0.4, -0.2) is 16.8 Å². The Morgan fingerprint density at radius 3 is 2.50 bits per heavy atom. The maximum atomic E-state index is 12.6. The van der Waals surface area contributed by atoms with Gasteiger partial charge < -0.3 is 10.6 Å². The number of nitrogens with zero attached hydrogens (tertiary/aromatic N) is 1. The zero-order valence-corrected chi connectivity index (χ0v) is 16.4. The number of nitrogens with one attached hydrogen (secondary N) is 2. The van der Waals surface area contributed by atoms with Gasteiger partial charge in [-0.25, -0.2) is 0 Å². The first-order valence-corrected chi connectivity index (χ1v) is 9.28. The number of aromatic nitrogens is 1. The molecule has 28 heavy (non-hydrogen) atoms. The van der Waals surface area contributed by atoms with Crippen LogP contribution in [0.4, 0.5) is 11.4 Å². The number of aryl methyl sites for hydroxylation is 2. The molecule has 0 aliphatic rings. The predicted molar refractivity (Wildman–Crippen MR) is 112 cm³/mol. The molecule has 0 saturated carbocycles. The van der Waals surface area contributed by atoms with Gasteiger partial charge in [-0.3, -0.25) is 14.6 Å². The number of hydrogen-bond acceptors (Lipinski definition) is 3. The van der Waals surface area contributed by atoms with Crippen molar-refractivity contribution >= 4 is 34.8 Å². The third kappa shape index (κ3) is 4.56. The molecule has 0 bridgehead atoms. The van der Waals surface area contributed by atoms with E-state index >= 15 is 0 Å². The average Bonchev–Trinajstić information content (AvgIpc) is 2.71. The van der Waals surface area contributed by atoms with E-state index in [1.165, 1.54) is 12.3 Å². The molecular formula is C22H20ClN3O2. The quantitative estimate of drug-likeness (QED) is 0.632. The number of para-hydroxylation sites is 1. The van der Waals surface area contributed by atoms with Crippen molar-refractivity contribution in [2.24, 2.45) is 0 Å². The number of pyridine rings is 1. The van der Waals surface area contributed by atoms with Crippen molar-refractivity contribution in [3.8, 4) is 0 Å². The highest BCUT2D eigenvalue weighted by Gasteiger charge is 2.14. The van der Waals surface area contributed by atoms with Crippen LogP contribution in [0.25, 0.3) is 0 Å². The Kier molecular flexibility index (Phi) is 6.06. The van der Waals surface area contributed by atoms with E-state index in [0.29, 0.717) is 16.3 Å². The Hall–Kier alpha value is -3.18. The lowest BCUT2D eigenvalue weighted by molar-refractivity contribution is 0.102. The van der Waals surface area contributed by atoms with Crippen LogP contribution in [0.5, 0.6) is 0 Å². The van der Waals surface area contributed by atoms with Crippen molar-refractivity contribution in [2.45, 2.75) is 20.3 Å². The van der Waals surface area contributed by atoms with Crippen molar-refractivity contribution < 1.29 is 9.59 Å². The standard InChI is InChI=1S/C22H20ClN3O2/c1-3-15-6-4-5-7-18(15)25-22(28)20-12-16(10-11-24-20)21(27)26-19-13-17(23)9-8-14(19)2/h4-13H,3H2,1-2H3,(H,25,28)(H,26,27). The molecule has 0 radical (unpaired) electrons. The maximum Gasteiger partial charge on any atom is 0.274 e. The summed E-state index contributed by atoms with van der Waals surface area (Å²) in [6.07, 6.45) is 2.24. The minimum atomic E-state index is -0.366. The van der Waals surface area contributed by atoms with E-state index < -0.39 is 0 Å². The lowest BCUT2D eigenvalue weighted by Crippen LogP contribution is -2.17. The van der Waals surface area contributed by atoms with E-state index in [0.717, 1.165) is 23.2 Å². The molecule has 142 valence electrons. The number of carbonyl (C=O) groups is 2. The Balaban J connectivity index is 1.78. The summed E-state index contributed by atoms with van der Waals surface area (Å²) >= 11 is 6.00. The van der Waals surface area contributed by atoms with Gasteiger partial charge in [0, 0.05) is 28.2 Å². The summed E-state index contributed by atoms with van der Waals surface area (Å²) in [5.41, 5.74) is 3.78. The third-order valence-corrected chi connectivity index (χ3v) is 4.58. The zero-order valence-electron chi connectivity index (χ0n) is 15.6. The second kappa shape index (κ2) is 8.67. The monoisotopic (exact) mass is 393 g/mol. The normalized spacial score (nSPS) is 10.4. The molecule has 1 heterocycles. The van der Waals surface area contributed by atoms with Crippen molar-refractivity contribution in [3.05, 3.63) is 88.2 Å². The summed E-state index contributed by atoms with van der Waals surface area (Å²) in [6, 6.07) is 15.9. The summed E-state index contributed by atoms with van der Waals surface area (Å²) < 4.78 is 0. The number of benzene rings is 2. The predicted octanol–water partition coefficient (Wildman–Crippen LogP) is 5.11. The first kappa shape index (κ1) is 19.6. The molecule has 2 amide bonds. The van der Waals surface area contributed by atoms with E-state index in [4.69, 9.17) is 11.6 Å². The fourth-order valence-electron chi connectivity index (χ4n) is 2.76. The van der Waals surface area contributed by atoms with Gasteiger partial charge in [0.2, 0.25) is 0 Å². The van der Waals surface area contributed by atoms with Gasteiger partial charge in [0.05, 0.1) is 0 Å². The minimum Gasteiger partial charge on any atom is -0.322 e. The van der Waals surface area contributed by atoms with Crippen LogP contribution in [0, 0.1) is 6.92 Å². The molecule has 0 atom stereocenters. The number of halogens is 1. The van der Waals surface area contributed by atoms with Crippen molar-refractivity contribution in [3.63, 3.8) is 0 Å². The Morgan fingerprint density at radius 2 is 1.71 bits per heavy atom. The highest BCUT2D eigenvalue weighted by atomic mass is 35.5. The molecule has 6 heteroatoms. The van der Waals surface area contributed by atoms with Gasteiger partial charge >= 0.3 is 0 Å². The summed E-state index contributed by atoms with van der Waals surface area (Å²) in [4.78, 5) is 29.3. The molecule has 0 spiro atoms. The first-order chi connectivity index (χ1) is 13.5. The molecule has 2 N–H and O–H groups in total. The highest BCUT2D eigenvalue weighted by molar-refractivity contribution is 6.31. The van der Waals surface area contributed by atoms with E-state index in [1.54, 1.807) is 18.2 Å². The zero-order chi connectivity index (χ0) is 20.1. The highest BCUT2D eigenvalue weighted by Crippen LogP contribution is 2.21. The average molecular weight is 394 g/mol. The molecule has 0 aliphatic carbocycles. The molecule has 3 aromatic rings. The molecule has 0 unspecified atom stereocenters. The van der Waals surface area contributed by atoms with Gasteiger partial charge in [-0.15, -0.1) is 0 Å². The number of rotatable bonds is 5. The Morgan fingerprint density at radius 1 is 0.964 bits per heavy atom. The lowest BCUT2D eigenvalue weighted by Gasteiger charge is -2.11. The first-order valence-electron chi connectivity index (χ1n) is 8.90. The van der Waals surface area contributed by atoms with Crippen LogP contribution in [0.15, 0.2) is 60.8 Å². The molecule has 0 fully saturated rings. The summed E-state index contributed by atoms with van der Waals surface area (Å²) in [6.45, 7) is 3.90. The van der Waals surface area contributed by atoms with Gasteiger partial charge in [0.1, 0.15) is 5.69 Å². The number of hydrogen-bond donors (Lipinski definition) is 2. The SMILES string of the molecule is CCc1ccccc1NC(=O)c1cc(C(=O)Nc2cc(Cl)ccc2C)ccn1. The van der Waals surface area contributed by atoms with Gasteiger partial charge in [-0.1, -0.05) is 42.8 Å². The smallest absolute Gasteiger partial charge is 0.274 e. The Labute approximate surface area is 168 Å².